The van der Waals surface area contributed by atoms with Gasteiger partial charge in [-0.05, 0) is 18.4 Å². The quantitative estimate of drug-likeness (QED) is 0.552. The summed E-state index contributed by atoms with van der Waals surface area (Å²) in [4.78, 5) is 22.5. The number of ether oxygens (including phenoxy) is 2. The molecule has 1 aromatic carbocycles. The van der Waals surface area contributed by atoms with E-state index in [0.717, 1.165) is 18.2 Å². The number of carbonyl (C=O) groups excluding carboxylic acids is 1. The molecule has 144 valence electrons. The lowest BCUT2D eigenvalue weighted by molar-refractivity contribution is -0.0407. The molecule has 0 radical (unpaired) electrons. The van der Waals surface area contributed by atoms with E-state index < -0.39 is 17.7 Å². The van der Waals surface area contributed by atoms with Gasteiger partial charge in [0.1, 0.15) is 18.5 Å². The fraction of sp³-hybridized carbons (Fsp3) is 0.353. The van der Waals surface area contributed by atoms with Gasteiger partial charge in [-0.2, -0.15) is 0 Å². The number of morpholine rings is 1. The number of thioether (sulfide) groups is 1. The lowest BCUT2D eigenvalue weighted by Gasteiger charge is -2.32. The van der Waals surface area contributed by atoms with Gasteiger partial charge in [-0.3, -0.25) is 4.79 Å². The van der Waals surface area contributed by atoms with E-state index >= 15 is 0 Å². The van der Waals surface area contributed by atoms with Gasteiger partial charge in [-0.25, -0.2) is 18.7 Å². The van der Waals surface area contributed by atoms with Crippen LogP contribution in [0.25, 0.3) is 0 Å². The van der Waals surface area contributed by atoms with Gasteiger partial charge < -0.3 is 14.4 Å². The Kier molecular flexibility index (Phi) is 6.46. The van der Waals surface area contributed by atoms with Gasteiger partial charge in [0, 0.05) is 12.6 Å². The van der Waals surface area contributed by atoms with Crippen LogP contribution in [-0.4, -0.2) is 59.4 Å². The molecule has 0 N–H and O–H groups in total. The smallest absolute Gasteiger partial charge is 0.274 e. The lowest BCUT2D eigenvalue weighted by Crippen LogP contribution is -2.48. The number of hydrogen-bond donors (Lipinski definition) is 0. The van der Waals surface area contributed by atoms with Crippen LogP contribution in [0.3, 0.4) is 0 Å². The van der Waals surface area contributed by atoms with Crippen LogP contribution in [0.1, 0.15) is 10.5 Å². The van der Waals surface area contributed by atoms with Crippen molar-refractivity contribution < 1.29 is 23.0 Å². The summed E-state index contributed by atoms with van der Waals surface area (Å²) in [6, 6.07) is 2.96. The SMILES string of the molecule is CSc1ncc(Cl)c(C(=O)N2CCOC(COc3cc(F)ccc3F)C2)n1. The van der Waals surface area contributed by atoms with Crippen molar-refractivity contribution in [3.8, 4) is 5.75 Å². The fourth-order valence-electron chi connectivity index (χ4n) is 2.52. The summed E-state index contributed by atoms with van der Waals surface area (Å²) in [5.41, 5.74) is 0.119. The number of carbonyl (C=O) groups is 1. The molecule has 1 atom stereocenters. The van der Waals surface area contributed by atoms with Crippen molar-refractivity contribution in [3.63, 3.8) is 0 Å². The minimum absolute atomic E-state index is 0.0300. The molecule has 0 saturated carbocycles. The van der Waals surface area contributed by atoms with Crippen LogP contribution >= 0.6 is 23.4 Å². The first-order valence-corrected chi connectivity index (χ1v) is 9.63. The molecular weight excluding hydrogens is 400 g/mol. The van der Waals surface area contributed by atoms with E-state index in [1.54, 1.807) is 6.26 Å². The van der Waals surface area contributed by atoms with E-state index in [1.807, 2.05) is 0 Å². The maximum atomic E-state index is 13.6. The van der Waals surface area contributed by atoms with E-state index in [1.165, 1.54) is 22.9 Å². The van der Waals surface area contributed by atoms with Crippen LogP contribution < -0.4 is 4.74 Å². The molecule has 0 aliphatic carbocycles. The molecule has 1 saturated heterocycles. The van der Waals surface area contributed by atoms with Crippen molar-refractivity contribution in [1.82, 2.24) is 14.9 Å². The summed E-state index contributed by atoms with van der Waals surface area (Å²) in [6.07, 6.45) is 2.69. The van der Waals surface area contributed by atoms with Gasteiger partial charge in [-0.15, -0.1) is 0 Å². The first-order chi connectivity index (χ1) is 13.0. The summed E-state index contributed by atoms with van der Waals surface area (Å²) in [6.45, 7) is 0.824. The second-order valence-electron chi connectivity index (χ2n) is 5.68. The first-order valence-electron chi connectivity index (χ1n) is 8.03. The van der Waals surface area contributed by atoms with Gasteiger partial charge in [0.25, 0.3) is 5.91 Å². The molecule has 2 aromatic rings. The number of aromatic nitrogens is 2. The number of amides is 1. The van der Waals surface area contributed by atoms with Crippen molar-refractivity contribution in [2.45, 2.75) is 11.3 Å². The van der Waals surface area contributed by atoms with Crippen molar-refractivity contribution >= 4 is 29.3 Å². The average Bonchev–Trinajstić information content (AvgIpc) is 2.69. The summed E-state index contributed by atoms with van der Waals surface area (Å²) >= 11 is 7.36. The van der Waals surface area contributed by atoms with Crippen LogP contribution in [0, 0.1) is 11.6 Å². The van der Waals surface area contributed by atoms with Crippen LogP contribution in [0.15, 0.2) is 29.6 Å². The van der Waals surface area contributed by atoms with Gasteiger partial charge in [0.05, 0.1) is 24.4 Å². The topological polar surface area (TPSA) is 64.6 Å². The Hall–Kier alpha value is -1.97. The maximum Gasteiger partial charge on any atom is 0.274 e. The highest BCUT2D eigenvalue weighted by atomic mass is 35.5. The molecule has 3 rings (SSSR count). The third-order valence-corrected chi connectivity index (χ3v) is 4.69. The predicted molar refractivity (Wildman–Crippen MR) is 96.3 cm³/mol. The first kappa shape index (κ1) is 19.8. The predicted octanol–water partition coefficient (Wildman–Crippen LogP) is 3.05. The number of hydrogen-bond acceptors (Lipinski definition) is 6. The number of rotatable bonds is 5. The second-order valence-corrected chi connectivity index (χ2v) is 6.86. The minimum Gasteiger partial charge on any atom is -0.488 e. The molecule has 27 heavy (non-hydrogen) atoms. The Bertz CT molecular complexity index is 843. The van der Waals surface area contributed by atoms with Crippen LogP contribution in [0.2, 0.25) is 5.02 Å². The monoisotopic (exact) mass is 415 g/mol. The van der Waals surface area contributed by atoms with Gasteiger partial charge in [0.2, 0.25) is 0 Å². The molecule has 1 amide bonds. The zero-order valence-corrected chi connectivity index (χ0v) is 15.9. The number of benzene rings is 1. The highest BCUT2D eigenvalue weighted by Gasteiger charge is 2.28. The normalized spacial score (nSPS) is 17.0. The summed E-state index contributed by atoms with van der Waals surface area (Å²) in [7, 11) is 0. The third kappa shape index (κ3) is 4.85. The van der Waals surface area contributed by atoms with Crippen LogP contribution in [0.5, 0.6) is 5.75 Å². The van der Waals surface area contributed by atoms with E-state index in [-0.39, 0.29) is 42.1 Å². The summed E-state index contributed by atoms with van der Waals surface area (Å²) in [5.74, 6) is -1.82. The largest absolute Gasteiger partial charge is 0.488 e. The zero-order valence-electron chi connectivity index (χ0n) is 14.3. The van der Waals surface area contributed by atoms with E-state index in [2.05, 4.69) is 9.97 Å². The van der Waals surface area contributed by atoms with Gasteiger partial charge >= 0.3 is 0 Å². The highest BCUT2D eigenvalue weighted by Crippen LogP contribution is 2.21. The Morgan fingerprint density at radius 3 is 3.07 bits per heavy atom. The molecule has 0 spiro atoms. The zero-order chi connectivity index (χ0) is 19.4. The molecule has 1 unspecified atom stereocenters. The van der Waals surface area contributed by atoms with Crippen molar-refractivity contribution in [1.29, 1.82) is 0 Å². The van der Waals surface area contributed by atoms with E-state index in [4.69, 9.17) is 21.1 Å². The Balaban J connectivity index is 1.65. The van der Waals surface area contributed by atoms with E-state index in [9.17, 15) is 13.6 Å². The molecule has 1 aromatic heterocycles. The molecule has 10 heteroatoms. The van der Waals surface area contributed by atoms with Gasteiger partial charge in [-0.1, -0.05) is 23.4 Å². The van der Waals surface area contributed by atoms with Crippen molar-refractivity contribution in [2.24, 2.45) is 0 Å². The van der Waals surface area contributed by atoms with Gasteiger partial charge in [0.15, 0.2) is 22.4 Å². The van der Waals surface area contributed by atoms with Crippen LogP contribution in [-0.2, 0) is 4.74 Å². The number of nitrogens with zero attached hydrogens (tertiary/aromatic N) is 3. The molecule has 2 heterocycles. The second kappa shape index (κ2) is 8.81. The molecule has 6 nitrogen and oxygen atoms in total. The van der Waals surface area contributed by atoms with Crippen LogP contribution in [0.4, 0.5) is 8.78 Å². The molecular formula is C17H16ClF2N3O3S. The lowest BCUT2D eigenvalue weighted by atomic mass is 10.2. The molecule has 0 bridgehead atoms. The molecule has 1 aliphatic heterocycles. The van der Waals surface area contributed by atoms with E-state index in [0.29, 0.717) is 11.7 Å². The average molecular weight is 416 g/mol. The molecule has 1 aliphatic rings. The Morgan fingerprint density at radius 2 is 2.30 bits per heavy atom. The van der Waals surface area contributed by atoms with Crippen molar-refractivity contribution in [2.75, 3.05) is 32.6 Å². The number of halogens is 3. The Morgan fingerprint density at radius 1 is 1.48 bits per heavy atom. The Labute approximate surface area is 163 Å². The third-order valence-electron chi connectivity index (χ3n) is 3.85. The molecule has 1 fully saturated rings. The minimum atomic E-state index is -0.669. The summed E-state index contributed by atoms with van der Waals surface area (Å²) < 4.78 is 37.7. The summed E-state index contributed by atoms with van der Waals surface area (Å²) in [5, 5.41) is 0.608. The fourth-order valence-corrected chi connectivity index (χ4v) is 3.04. The maximum absolute atomic E-state index is 13.6. The standard InChI is InChI=1S/C17H16ClF2N3O3S/c1-27-17-21-7-12(18)15(22-17)16(24)23-4-5-25-11(8-23)9-26-14-6-10(19)2-3-13(14)20/h2-3,6-7,11H,4-5,8-9H2,1H3. The highest BCUT2D eigenvalue weighted by molar-refractivity contribution is 7.98. The van der Waals surface area contributed by atoms with Crippen molar-refractivity contribution in [3.05, 3.63) is 46.7 Å².